The van der Waals surface area contributed by atoms with Crippen LogP contribution in [0.2, 0.25) is 15.2 Å². The monoisotopic (exact) mass is 378 g/mol. The van der Waals surface area contributed by atoms with Crippen molar-refractivity contribution in [1.29, 1.82) is 0 Å². The Kier molecular flexibility index (Phi) is 4.86. The smallest absolute Gasteiger partial charge is 0.130 e. The first-order valence-corrected chi connectivity index (χ1v) is 8.18. The van der Waals surface area contributed by atoms with Crippen molar-refractivity contribution in [1.82, 2.24) is 4.98 Å². The van der Waals surface area contributed by atoms with Crippen molar-refractivity contribution < 1.29 is 4.74 Å². The lowest BCUT2D eigenvalue weighted by molar-refractivity contribution is 0.416. The highest BCUT2D eigenvalue weighted by molar-refractivity contribution is 6.31. The summed E-state index contributed by atoms with van der Waals surface area (Å²) in [6, 6.07) is 14.2. The Labute approximate surface area is 154 Å². The van der Waals surface area contributed by atoms with E-state index in [1.165, 1.54) is 0 Å². The maximum absolute atomic E-state index is 6.22. The van der Waals surface area contributed by atoms with Crippen molar-refractivity contribution in [3.8, 4) is 28.1 Å². The zero-order valence-corrected chi connectivity index (χ0v) is 15.0. The first-order valence-electron chi connectivity index (χ1n) is 7.05. The van der Waals surface area contributed by atoms with Gasteiger partial charge in [-0.15, -0.1) is 0 Å². The summed E-state index contributed by atoms with van der Waals surface area (Å²) in [7, 11) is 1.59. The minimum atomic E-state index is 0.337. The molecule has 1 heterocycles. The third-order valence-electron chi connectivity index (χ3n) is 3.56. The number of anilines is 1. The molecule has 3 aromatic rings. The first kappa shape index (κ1) is 16.9. The molecule has 0 amide bonds. The Morgan fingerprint density at radius 1 is 0.875 bits per heavy atom. The number of rotatable bonds is 3. The first-order chi connectivity index (χ1) is 11.5. The summed E-state index contributed by atoms with van der Waals surface area (Å²) in [5.74, 6) is 0.652. The van der Waals surface area contributed by atoms with Crippen LogP contribution in [0.4, 0.5) is 5.69 Å². The second-order valence-corrected chi connectivity index (χ2v) is 6.40. The number of hydrogen-bond donors (Lipinski definition) is 1. The Morgan fingerprint density at radius 2 is 1.54 bits per heavy atom. The second kappa shape index (κ2) is 6.89. The number of hydrogen-bond acceptors (Lipinski definition) is 3. The van der Waals surface area contributed by atoms with Gasteiger partial charge in [0.1, 0.15) is 10.9 Å². The van der Waals surface area contributed by atoms with Gasteiger partial charge in [0.15, 0.2) is 0 Å². The van der Waals surface area contributed by atoms with Gasteiger partial charge in [0.2, 0.25) is 0 Å². The standard InChI is InChI=1S/C18H13Cl3N2O/c1-24-17-5-3-12(20)9-14(17)16-6-10(7-18(21)23-16)13-8-11(19)2-4-15(13)22/h2-9H,22H2,1H3. The quantitative estimate of drug-likeness (QED) is 0.450. The van der Waals surface area contributed by atoms with Crippen LogP contribution in [0.1, 0.15) is 0 Å². The molecule has 2 N–H and O–H groups in total. The highest BCUT2D eigenvalue weighted by atomic mass is 35.5. The molecule has 0 spiro atoms. The maximum atomic E-state index is 6.22. The van der Waals surface area contributed by atoms with Crippen molar-refractivity contribution in [3.63, 3.8) is 0 Å². The van der Waals surface area contributed by atoms with Crippen LogP contribution in [-0.2, 0) is 0 Å². The van der Waals surface area contributed by atoms with Gasteiger partial charge in [0.25, 0.3) is 0 Å². The van der Waals surface area contributed by atoms with Gasteiger partial charge < -0.3 is 10.5 Å². The number of halogens is 3. The van der Waals surface area contributed by atoms with E-state index in [1.54, 1.807) is 49.6 Å². The molecule has 0 radical (unpaired) electrons. The van der Waals surface area contributed by atoms with Gasteiger partial charge in [0.05, 0.1) is 12.8 Å². The Morgan fingerprint density at radius 3 is 2.25 bits per heavy atom. The van der Waals surface area contributed by atoms with E-state index >= 15 is 0 Å². The fourth-order valence-electron chi connectivity index (χ4n) is 2.45. The molecule has 0 aliphatic carbocycles. The van der Waals surface area contributed by atoms with E-state index in [2.05, 4.69) is 4.98 Å². The molecule has 0 unspecified atom stereocenters. The second-order valence-electron chi connectivity index (χ2n) is 5.14. The molecule has 3 rings (SSSR count). The molecule has 0 atom stereocenters. The van der Waals surface area contributed by atoms with Crippen molar-refractivity contribution in [2.24, 2.45) is 0 Å². The predicted octanol–water partition coefficient (Wildman–Crippen LogP) is 5.97. The highest BCUT2D eigenvalue weighted by Gasteiger charge is 2.13. The molecule has 0 aliphatic heterocycles. The number of benzene rings is 2. The molecule has 0 saturated carbocycles. The van der Waals surface area contributed by atoms with Crippen LogP contribution in [0, 0.1) is 0 Å². The summed E-state index contributed by atoms with van der Waals surface area (Å²) < 4.78 is 5.40. The van der Waals surface area contributed by atoms with E-state index < -0.39 is 0 Å². The van der Waals surface area contributed by atoms with E-state index in [-0.39, 0.29) is 0 Å². The van der Waals surface area contributed by atoms with Gasteiger partial charge in [-0.3, -0.25) is 0 Å². The van der Waals surface area contributed by atoms with Gasteiger partial charge in [-0.05, 0) is 54.1 Å². The predicted molar refractivity (Wildman–Crippen MR) is 101 cm³/mol. The zero-order chi connectivity index (χ0) is 17.3. The normalized spacial score (nSPS) is 10.7. The molecule has 0 saturated heterocycles. The van der Waals surface area contributed by atoms with Gasteiger partial charge >= 0.3 is 0 Å². The van der Waals surface area contributed by atoms with Gasteiger partial charge in [-0.1, -0.05) is 34.8 Å². The van der Waals surface area contributed by atoms with Crippen molar-refractivity contribution in [2.45, 2.75) is 0 Å². The SMILES string of the molecule is COc1ccc(Cl)cc1-c1cc(-c2cc(Cl)ccc2N)cc(Cl)n1. The molecule has 0 fully saturated rings. The summed E-state index contributed by atoms with van der Waals surface area (Å²) in [5, 5.41) is 1.51. The number of methoxy groups -OCH3 is 1. The average molecular weight is 380 g/mol. The van der Waals surface area contributed by atoms with Crippen molar-refractivity contribution >= 4 is 40.5 Å². The van der Waals surface area contributed by atoms with E-state index in [0.717, 1.165) is 16.7 Å². The molecule has 24 heavy (non-hydrogen) atoms. The summed E-state index contributed by atoms with van der Waals surface area (Å²) in [5.41, 5.74) is 9.65. The molecule has 3 nitrogen and oxygen atoms in total. The van der Waals surface area contributed by atoms with E-state index in [9.17, 15) is 0 Å². The molecule has 0 aliphatic rings. The molecule has 0 bridgehead atoms. The fraction of sp³-hybridized carbons (Fsp3) is 0.0556. The van der Waals surface area contributed by atoms with E-state index in [1.807, 2.05) is 6.07 Å². The number of nitrogens with two attached hydrogens (primary N) is 1. The molecule has 122 valence electrons. The Bertz CT molecular complexity index is 913. The van der Waals surface area contributed by atoms with Crippen LogP contribution in [-0.4, -0.2) is 12.1 Å². The maximum Gasteiger partial charge on any atom is 0.130 e. The van der Waals surface area contributed by atoms with Gasteiger partial charge in [-0.2, -0.15) is 0 Å². The van der Waals surface area contributed by atoms with Crippen LogP contribution in [0.3, 0.4) is 0 Å². The van der Waals surface area contributed by atoms with Crippen LogP contribution in [0.25, 0.3) is 22.4 Å². The van der Waals surface area contributed by atoms with Crippen LogP contribution >= 0.6 is 34.8 Å². The largest absolute Gasteiger partial charge is 0.496 e. The molecule has 2 aromatic carbocycles. The van der Waals surface area contributed by atoms with E-state index in [4.69, 9.17) is 45.3 Å². The number of nitrogens with zero attached hydrogens (tertiary/aromatic N) is 1. The minimum absolute atomic E-state index is 0.337. The molecule has 6 heteroatoms. The average Bonchev–Trinajstić information content (AvgIpc) is 2.56. The van der Waals surface area contributed by atoms with Gasteiger partial charge in [0, 0.05) is 26.9 Å². The fourth-order valence-corrected chi connectivity index (χ4v) is 3.00. The minimum Gasteiger partial charge on any atom is -0.496 e. The highest BCUT2D eigenvalue weighted by Crippen LogP contribution is 2.36. The molecular weight excluding hydrogens is 367 g/mol. The molecular formula is C18H13Cl3N2O. The van der Waals surface area contributed by atoms with Crippen molar-refractivity contribution in [2.75, 3.05) is 12.8 Å². The van der Waals surface area contributed by atoms with E-state index in [0.29, 0.717) is 32.3 Å². The summed E-state index contributed by atoms with van der Waals surface area (Å²) in [6.45, 7) is 0. The number of pyridine rings is 1. The van der Waals surface area contributed by atoms with Crippen LogP contribution in [0.5, 0.6) is 5.75 Å². The number of nitrogen functional groups attached to an aromatic ring is 1. The third kappa shape index (κ3) is 3.44. The summed E-state index contributed by atoms with van der Waals surface area (Å²) >= 11 is 18.4. The van der Waals surface area contributed by atoms with Gasteiger partial charge in [-0.25, -0.2) is 4.98 Å². The lowest BCUT2D eigenvalue weighted by Gasteiger charge is -2.12. The molecule has 1 aromatic heterocycles. The topological polar surface area (TPSA) is 48.1 Å². The summed E-state index contributed by atoms with van der Waals surface area (Å²) in [4.78, 5) is 4.38. The number of ether oxygens (including phenoxy) is 1. The zero-order valence-electron chi connectivity index (χ0n) is 12.7. The Balaban J connectivity index is 2.21. The lowest BCUT2D eigenvalue weighted by atomic mass is 10.0. The van der Waals surface area contributed by atoms with Crippen LogP contribution in [0.15, 0.2) is 48.5 Å². The Hall–Kier alpha value is -1.94. The third-order valence-corrected chi connectivity index (χ3v) is 4.22. The van der Waals surface area contributed by atoms with Crippen molar-refractivity contribution in [3.05, 3.63) is 63.7 Å². The van der Waals surface area contributed by atoms with Crippen LogP contribution < -0.4 is 10.5 Å². The lowest BCUT2D eigenvalue weighted by Crippen LogP contribution is -1.94. The summed E-state index contributed by atoms with van der Waals surface area (Å²) in [6.07, 6.45) is 0. The number of aromatic nitrogens is 1.